The molecule has 0 aliphatic heterocycles. The molecule has 0 aliphatic rings. The summed E-state index contributed by atoms with van der Waals surface area (Å²) in [4.78, 5) is 16.1. The number of hydrogen-bond acceptors (Lipinski definition) is 4. The summed E-state index contributed by atoms with van der Waals surface area (Å²) in [6.07, 6.45) is 0.257. The molecule has 4 nitrogen and oxygen atoms in total. The van der Waals surface area contributed by atoms with Gasteiger partial charge in [-0.1, -0.05) is 38.1 Å². The molecular weight excluding hydrogens is 294 g/mol. The molecule has 0 unspecified atom stereocenters. The lowest BCUT2D eigenvalue weighted by Gasteiger charge is -2.07. The van der Waals surface area contributed by atoms with Crippen LogP contribution in [-0.4, -0.2) is 16.6 Å². The maximum Gasteiger partial charge on any atom is 0.246 e. The van der Waals surface area contributed by atoms with Gasteiger partial charge in [-0.25, -0.2) is 10.4 Å². The monoisotopic (exact) mass is 315 g/mol. The molecule has 1 aromatic heterocycles. The molecule has 0 spiro atoms. The number of aromatic nitrogens is 1. The first-order chi connectivity index (χ1) is 10.5. The Kier molecular flexibility index (Phi) is 5.44. The van der Waals surface area contributed by atoms with Crippen LogP contribution in [-0.2, 0) is 11.2 Å². The number of amides is 1. The average molecular weight is 315 g/mol. The average Bonchev–Trinajstić information content (AvgIpc) is 2.90. The number of benzene rings is 1. The minimum absolute atomic E-state index is 0.150. The third-order valence-electron chi connectivity index (χ3n) is 3.35. The second-order valence-electron chi connectivity index (χ2n) is 5.54. The van der Waals surface area contributed by atoms with Crippen LogP contribution in [0.25, 0.3) is 0 Å². The molecule has 1 amide bonds. The Morgan fingerprint density at radius 1 is 1.32 bits per heavy atom. The fraction of sp³-hybridized carbons (Fsp3) is 0.353. The second kappa shape index (κ2) is 7.31. The highest BCUT2D eigenvalue weighted by Gasteiger charge is 2.06. The molecule has 1 heterocycles. The van der Waals surface area contributed by atoms with Gasteiger partial charge in [0.1, 0.15) is 0 Å². The number of thiazole rings is 1. The minimum atomic E-state index is -0.150. The van der Waals surface area contributed by atoms with Crippen molar-refractivity contribution < 1.29 is 4.79 Å². The lowest BCUT2D eigenvalue weighted by atomic mass is 10.0. The highest BCUT2D eigenvalue weighted by atomic mass is 32.1. The molecule has 1 N–H and O–H groups in total. The van der Waals surface area contributed by atoms with Gasteiger partial charge >= 0.3 is 0 Å². The largest absolute Gasteiger partial charge is 0.273 e. The van der Waals surface area contributed by atoms with E-state index < -0.39 is 0 Å². The van der Waals surface area contributed by atoms with E-state index in [-0.39, 0.29) is 12.3 Å². The van der Waals surface area contributed by atoms with Crippen molar-refractivity contribution >= 4 is 23.0 Å². The number of carbonyl (C=O) groups excluding carboxylic acids is 1. The SMILES string of the molecule is C/C(=N/NC(=O)Cc1csc(C)n1)c1ccc(C(C)C)cc1. The lowest BCUT2D eigenvalue weighted by molar-refractivity contribution is -0.120. The number of hydrazone groups is 1. The topological polar surface area (TPSA) is 54.4 Å². The zero-order valence-corrected chi connectivity index (χ0v) is 14.2. The van der Waals surface area contributed by atoms with Gasteiger partial charge < -0.3 is 0 Å². The van der Waals surface area contributed by atoms with Crippen molar-refractivity contribution in [2.75, 3.05) is 0 Å². The summed E-state index contributed by atoms with van der Waals surface area (Å²) in [6.45, 7) is 8.14. The molecule has 0 saturated carbocycles. The van der Waals surface area contributed by atoms with E-state index in [0.29, 0.717) is 5.92 Å². The van der Waals surface area contributed by atoms with Crippen molar-refractivity contribution in [3.63, 3.8) is 0 Å². The van der Waals surface area contributed by atoms with Crippen molar-refractivity contribution in [1.29, 1.82) is 0 Å². The van der Waals surface area contributed by atoms with Gasteiger partial charge in [0.25, 0.3) is 0 Å². The van der Waals surface area contributed by atoms with Crippen LogP contribution in [0.2, 0.25) is 0 Å². The van der Waals surface area contributed by atoms with E-state index in [2.05, 4.69) is 41.5 Å². The van der Waals surface area contributed by atoms with Crippen LogP contribution in [0.1, 0.15) is 48.5 Å². The normalized spacial score (nSPS) is 11.8. The fourth-order valence-electron chi connectivity index (χ4n) is 2.01. The van der Waals surface area contributed by atoms with Crippen LogP contribution in [0.5, 0.6) is 0 Å². The van der Waals surface area contributed by atoms with E-state index in [0.717, 1.165) is 22.0 Å². The van der Waals surface area contributed by atoms with E-state index in [9.17, 15) is 4.79 Å². The second-order valence-corrected chi connectivity index (χ2v) is 6.61. The Balaban J connectivity index is 1.95. The number of carbonyl (C=O) groups is 1. The summed E-state index contributed by atoms with van der Waals surface area (Å²) in [5, 5.41) is 7.03. The Morgan fingerprint density at radius 3 is 2.55 bits per heavy atom. The molecule has 5 heteroatoms. The maximum absolute atomic E-state index is 11.8. The van der Waals surface area contributed by atoms with Gasteiger partial charge in [-0.15, -0.1) is 11.3 Å². The van der Waals surface area contributed by atoms with E-state index in [1.165, 1.54) is 5.56 Å². The molecule has 0 saturated heterocycles. The number of nitrogens with one attached hydrogen (secondary N) is 1. The van der Waals surface area contributed by atoms with Gasteiger partial charge in [0, 0.05) is 5.38 Å². The smallest absolute Gasteiger partial charge is 0.246 e. The molecule has 0 bridgehead atoms. The highest BCUT2D eigenvalue weighted by Crippen LogP contribution is 2.15. The van der Waals surface area contributed by atoms with Crippen LogP contribution >= 0.6 is 11.3 Å². The molecule has 116 valence electrons. The molecule has 22 heavy (non-hydrogen) atoms. The van der Waals surface area contributed by atoms with Crippen LogP contribution in [0, 0.1) is 6.92 Å². The van der Waals surface area contributed by atoms with E-state index >= 15 is 0 Å². The Morgan fingerprint density at radius 2 is 2.00 bits per heavy atom. The van der Waals surface area contributed by atoms with Crippen molar-refractivity contribution in [3.8, 4) is 0 Å². The third-order valence-corrected chi connectivity index (χ3v) is 4.17. The van der Waals surface area contributed by atoms with Gasteiger partial charge in [-0.2, -0.15) is 5.10 Å². The van der Waals surface area contributed by atoms with Gasteiger partial charge in [-0.3, -0.25) is 4.79 Å². The van der Waals surface area contributed by atoms with Gasteiger partial charge in [0.2, 0.25) is 5.91 Å². The van der Waals surface area contributed by atoms with Crippen molar-refractivity contribution in [2.24, 2.45) is 5.10 Å². The van der Waals surface area contributed by atoms with Gasteiger partial charge in [0.05, 0.1) is 22.8 Å². The van der Waals surface area contributed by atoms with E-state index in [1.54, 1.807) is 11.3 Å². The molecule has 2 aromatic rings. The first kappa shape index (κ1) is 16.4. The summed E-state index contributed by atoms with van der Waals surface area (Å²) in [7, 11) is 0. The van der Waals surface area contributed by atoms with Crippen LogP contribution < -0.4 is 5.43 Å². The van der Waals surface area contributed by atoms with Gasteiger partial charge in [-0.05, 0) is 30.9 Å². The third kappa shape index (κ3) is 4.49. The molecule has 2 rings (SSSR count). The quantitative estimate of drug-likeness (QED) is 0.676. The van der Waals surface area contributed by atoms with E-state index in [1.807, 2.05) is 31.4 Å². The van der Waals surface area contributed by atoms with Crippen LogP contribution in [0.3, 0.4) is 0 Å². The highest BCUT2D eigenvalue weighted by molar-refractivity contribution is 7.09. The number of hydrogen-bond donors (Lipinski definition) is 1. The summed E-state index contributed by atoms with van der Waals surface area (Å²) in [5.74, 6) is 0.357. The fourth-order valence-corrected chi connectivity index (χ4v) is 2.63. The molecule has 0 atom stereocenters. The van der Waals surface area contributed by atoms with Crippen molar-refractivity contribution in [2.45, 2.75) is 40.0 Å². The molecular formula is C17H21N3OS. The first-order valence-corrected chi connectivity index (χ1v) is 8.18. The molecule has 0 aliphatic carbocycles. The Bertz CT molecular complexity index is 671. The maximum atomic E-state index is 11.8. The number of rotatable bonds is 5. The zero-order valence-electron chi connectivity index (χ0n) is 13.4. The Labute approximate surface area is 135 Å². The summed E-state index contributed by atoms with van der Waals surface area (Å²) < 4.78 is 0. The number of nitrogens with zero attached hydrogens (tertiary/aromatic N) is 2. The van der Waals surface area contributed by atoms with Crippen LogP contribution in [0.4, 0.5) is 0 Å². The van der Waals surface area contributed by atoms with Crippen molar-refractivity contribution in [1.82, 2.24) is 10.4 Å². The predicted molar refractivity (Wildman–Crippen MR) is 91.4 cm³/mol. The summed E-state index contributed by atoms with van der Waals surface area (Å²) >= 11 is 1.54. The predicted octanol–water partition coefficient (Wildman–Crippen LogP) is 3.66. The Hall–Kier alpha value is -2.01. The first-order valence-electron chi connectivity index (χ1n) is 7.30. The minimum Gasteiger partial charge on any atom is -0.273 e. The van der Waals surface area contributed by atoms with Gasteiger partial charge in [0.15, 0.2) is 0 Å². The molecule has 1 aromatic carbocycles. The number of aryl methyl sites for hydroxylation is 1. The summed E-state index contributed by atoms with van der Waals surface area (Å²) in [6, 6.07) is 8.26. The standard InChI is InChI=1S/C17H21N3OS/c1-11(2)14-5-7-15(8-6-14)12(3)19-20-17(21)9-16-10-22-13(4)18-16/h5-8,10-11H,9H2,1-4H3,(H,20,21)/b19-12-. The zero-order chi connectivity index (χ0) is 16.1. The van der Waals surface area contributed by atoms with Crippen LogP contribution in [0.15, 0.2) is 34.7 Å². The molecule has 0 radical (unpaired) electrons. The lowest BCUT2D eigenvalue weighted by Crippen LogP contribution is -2.21. The van der Waals surface area contributed by atoms with Crippen molar-refractivity contribution in [3.05, 3.63) is 51.5 Å². The molecule has 0 fully saturated rings. The summed E-state index contributed by atoms with van der Waals surface area (Å²) in [5.41, 5.74) is 6.47. The van der Waals surface area contributed by atoms with E-state index in [4.69, 9.17) is 0 Å².